The van der Waals surface area contributed by atoms with Crippen LogP contribution in [0.25, 0.3) is 56.1 Å². The number of aryl methyl sites for hydroxylation is 2. The number of aromatic carboxylic acids is 1. The molecule has 0 bridgehead atoms. The van der Waals surface area contributed by atoms with E-state index in [1.165, 1.54) is 6.07 Å². The Hall–Kier alpha value is -8.02. The molecule has 72 heavy (non-hydrogen) atoms. The molecular weight excluding hydrogens is 941 g/mol. The molecule has 1 saturated carbocycles. The molecule has 0 atom stereocenters. The summed E-state index contributed by atoms with van der Waals surface area (Å²) in [5.74, 6) is 0.148. The van der Waals surface area contributed by atoms with Gasteiger partial charge >= 0.3 is 18.3 Å². The number of nitrogens with zero attached hydrogens (tertiary/aromatic N) is 4. The van der Waals surface area contributed by atoms with Gasteiger partial charge in [0.05, 0.1) is 67.8 Å². The van der Waals surface area contributed by atoms with Crippen molar-refractivity contribution in [2.75, 3.05) is 37.9 Å². The summed E-state index contributed by atoms with van der Waals surface area (Å²) >= 11 is 0. The van der Waals surface area contributed by atoms with Crippen LogP contribution in [-0.2, 0) is 0 Å². The zero-order chi connectivity index (χ0) is 51.5. The molecule has 0 saturated heterocycles. The number of amides is 1. The smallest absolute Gasteiger partial charge is 0.390 e. The van der Waals surface area contributed by atoms with E-state index >= 15 is 0 Å². The number of ether oxygens (including phenoxy) is 2. The number of alkyl halides is 6. The average Bonchev–Trinajstić information content (AvgIpc) is 3.67. The summed E-state index contributed by atoms with van der Waals surface area (Å²) in [5.41, 5.74) is 10.0. The van der Waals surface area contributed by atoms with Crippen molar-refractivity contribution in [2.45, 2.75) is 64.3 Å². The van der Waals surface area contributed by atoms with Crippen molar-refractivity contribution in [2.24, 2.45) is 0 Å². The lowest BCUT2D eigenvalue weighted by molar-refractivity contribution is -0.132. The number of pyridine rings is 2. The van der Waals surface area contributed by atoms with Gasteiger partial charge in [-0.3, -0.25) is 13.6 Å². The standard InChI is InChI=1S/C29H29F3N4O2.C25H22F3N3O3/c1-18-14-19(8-9-21(18)27(37)35-28(2)10-11-28)24-16-34-26-23(33-13-12-29(30,31)32)15-20(17-36(24)26)22-6-4-5-7-25(22)38-3;1-15-11-16(7-8-18(15)24(32)33)21-13-30-23-20(29-10-9-25(26,27)28)12-17(14-31(21)23)19-5-3-4-6-22(19)34-2/h4-9,14-17,33H,10-13H2,1-3H3,(H,35,37);3-8,11-14,29H,9-10H2,1-2H3,(H,32,33). The van der Waals surface area contributed by atoms with Gasteiger partial charge in [-0.15, -0.1) is 0 Å². The molecule has 4 aromatic carbocycles. The first-order valence-corrected chi connectivity index (χ1v) is 22.9. The number of carboxylic acids is 1. The number of halogens is 6. The van der Waals surface area contributed by atoms with E-state index in [0.717, 1.165) is 57.5 Å². The molecule has 9 rings (SSSR count). The quantitative estimate of drug-likeness (QED) is 0.0738. The van der Waals surface area contributed by atoms with E-state index in [0.29, 0.717) is 51.0 Å². The first-order chi connectivity index (χ1) is 34.2. The molecule has 0 aliphatic heterocycles. The number of methoxy groups -OCH3 is 2. The highest BCUT2D eigenvalue weighted by molar-refractivity contribution is 5.97. The van der Waals surface area contributed by atoms with Crippen LogP contribution in [0.1, 0.15) is 64.4 Å². The maximum Gasteiger partial charge on any atom is 0.390 e. The Balaban J connectivity index is 0.000000194. The van der Waals surface area contributed by atoms with Crippen molar-refractivity contribution < 1.29 is 50.5 Å². The molecule has 4 N–H and O–H groups in total. The monoisotopic (exact) mass is 991 g/mol. The molecule has 18 heteroatoms. The third kappa shape index (κ3) is 11.4. The van der Waals surface area contributed by atoms with E-state index in [1.807, 2.05) is 85.2 Å². The van der Waals surface area contributed by atoms with Crippen molar-refractivity contribution in [1.82, 2.24) is 24.1 Å². The third-order valence-corrected chi connectivity index (χ3v) is 12.4. The van der Waals surface area contributed by atoms with Crippen LogP contribution in [0.15, 0.2) is 122 Å². The molecule has 4 heterocycles. The number of benzene rings is 4. The van der Waals surface area contributed by atoms with Gasteiger partial charge in [0.15, 0.2) is 11.3 Å². The molecule has 4 aromatic heterocycles. The lowest BCUT2D eigenvalue weighted by Gasteiger charge is -2.15. The summed E-state index contributed by atoms with van der Waals surface area (Å²) < 4.78 is 91.5. The normalized spacial score (nSPS) is 13.0. The van der Waals surface area contributed by atoms with Crippen LogP contribution in [0.4, 0.5) is 37.7 Å². The Kier molecular flexibility index (Phi) is 14.3. The fourth-order valence-electron chi connectivity index (χ4n) is 8.40. The summed E-state index contributed by atoms with van der Waals surface area (Å²) in [6, 6.07) is 28.9. The molecule has 0 unspecified atom stereocenters. The minimum atomic E-state index is -4.28. The van der Waals surface area contributed by atoms with Crippen molar-refractivity contribution in [1.29, 1.82) is 0 Å². The van der Waals surface area contributed by atoms with E-state index < -0.39 is 31.2 Å². The van der Waals surface area contributed by atoms with Crippen LogP contribution in [0.5, 0.6) is 11.5 Å². The number of hydrogen-bond donors (Lipinski definition) is 4. The summed E-state index contributed by atoms with van der Waals surface area (Å²) in [7, 11) is 3.13. The first-order valence-electron chi connectivity index (χ1n) is 22.9. The molecule has 0 spiro atoms. The van der Waals surface area contributed by atoms with Gasteiger partial charge in [-0.05, 0) is 93.3 Å². The number of hydrogen-bond acceptors (Lipinski definition) is 8. The second-order valence-electron chi connectivity index (χ2n) is 17.8. The largest absolute Gasteiger partial charge is 0.496 e. The lowest BCUT2D eigenvalue weighted by Crippen LogP contribution is -2.34. The fourth-order valence-corrected chi connectivity index (χ4v) is 8.40. The van der Waals surface area contributed by atoms with Crippen LogP contribution in [0.2, 0.25) is 0 Å². The van der Waals surface area contributed by atoms with E-state index in [4.69, 9.17) is 9.47 Å². The van der Waals surface area contributed by atoms with Crippen molar-refractivity contribution in [3.05, 3.63) is 144 Å². The third-order valence-electron chi connectivity index (χ3n) is 12.4. The van der Waals surface area contributed by atoms with Crippen LogP contribution in [0.3, 0.4) is 0 Å². The number of anilines is 2. The van der Waals surface area contributed by atoms with Gasteiger partial charge in [-0.25, -0.2) is 14.8 Å². The van der Waals surface area contributed by atoms with Gasteiger partial charge in [0.2, 0.25) is 0 Å². The highest BCUT2D eigenvalue weighted by Crippen LogP contribution is 2.38. The van der Waals surface area contributed by atoms with Crippen LogP contribution in [0, 0.1) is 13.8 Å². The summed E-state index contributed by atoms with van der Waals surface area (Å²) in [4.78, 5) is 33.2. The Morgan fingerprint density at radius 2 is 1.07 bits per heavy atom. The van der Waals surface area contributed by atoms with E-state index in [9.17, 15) is 41.0 Å². The van der Waals surface area contributed by atoms with Crippen LogP contribution >= 0.6 is 0 Å². The maximum atomic E-state index is 12.9. The number of carbonyl (C=O) groups is 2. The molecule has 1 aliphatic rings. The molecular formula is C54H51F6N7O5. The van der Waals surface area contributed by atoms with Gasteiger partial charge in [0, 0.05) is 70.0 Å². The van der Waals surface area contributed by atoms with Gasteiger partial charge < -0.3 is 30.5 Å². The lowest BCUT2D eigenvalue weighted by atomic mass is 10.0. The molecule has 374 valence electrons. The number of nitrogens with one attached hydrogen (secondary N) is 3. The van der Waals surface area contributed by atoms with Crippen molar-refractivity contribution in [3.63, 3.8) is 0 Å². The Morgan fingerprint density at radius 3 is 1.46 bits per heavy atom. The number of aromatic nitrogens is 4. The zero-order valence-corrected chi connectivity index (χ0v) is 39.9. The second kappa shape index (κ2) is 20.4. The van der Waals surface area contributed by atoms with Crippen molar-refractivity contribution >= 4 is 34.5 Å². The van der Waals surface area contributed by atoms with E-state index in [-0.39, 0.29) is 30.1 Å². The number of fused-ring (bicyclic) bond motifs is 2. The molecule has 1 amide bonds. The fraction of sp³-hybridized carbons (Fsp3) is 0.259. The highest BCUT2D eigenvalue weighted by atomic mass is 19.4. The van der Waals surface area contributed by atoms with Crippen LogP contribution in [-0.4, -0.2) is 81.0 Å². The molecule has 8 aromatic rings. The predicted octanol–water partition coefficient (Wildman–Crippen LogP) is 12.7. The van der Waals surface area contributed by atoms with Gasteiger partial charge in [-0.2, -0.15) is 26.3 Å². The molecule has 12 nitrogen and oxygen atoms in total. The summed E-state index contributed by atoms with van der Waals surface area (Å²) in [5, 5.41) is 18.2. The molecule has 1 fully saturated rings. The van der Waals surface area contributed by atoms with Crippen molar-refractivity contribution in [3.8, 4) is 56.3 Å². The summed E-state index contributed by atoms with van der Waals surface area (Å²) in [6.45, 7) is 5.05. The minimum Gasteiger partial charge on any atom is -0.496 e. The Labute approximate surface area is 410 Å². The summed E-state index contributed by atoms with van der Waals surface area (Å²) in [6.07, 6.45) is -1.51. The number of carboxylic acid groups (broad SMARTS) is 1. The zero-order valence-electron chi connectivity index (χ0n) is 39.9. The number of para-hydroxylation sites is 2. The Morgan fingerprint density at radius 1 is 0.639 bits per heavy atom. The number of carbonyl (C=O) groups excluding carboxylic acids is 1. The SMILES string of the molecule is COc1ccccc1-c1cc(NCCC(F)(F)F)c2ncc(-c3ccc(C(=O)NC4(C)CC4)c(C)c3)n2c1.COc1ccccc1-c1cc(NCCC(F)(F)F)c2ncc(-c3ccc(C(=O)O)c(C)c3)n2c1. The van der Waals surface area contributed by atoms with Gasteiger partial charge in [0.1, 0.15) is 11.5 Å². The minimum absolute atomic E-state index is 0.0956. The average molecular weight is 992 g/mol. The van der Waals surface area contributed by atoms with Gasteiger partial charge in [-0.1, -0.05) is 48.5 Å². The van der Waals surface area contributed by atoms with E-state index in [2.05, 4.69) is 25.9 Å². The molecule has 1 aliphatic carbocycles. The predicted molar refractivity (Wildman–Crippen MR) is 265 cm³/mol. The van der Waals surface area contributed by atoms with E-state index in [1.54, 1.807) is 74.3 Å². The topological polar surface area (TPSA) is 144 Å². The van der Waals surface area contributed by atoms with Crippen LogP contribution < -0.4 is 25.4 Å². The second-order valence-corrected chi connectivity index (χ2v) is 17.8. The highest BCUT2D eigenvalue weighted by Gasteiger charge is 2.39. The molecule has 0 radical (unpaired) electrons. The van der Waals surface area contributed by atoms with Gasteiger partial charge in [0.25, 0.3) is 5.91 Å². The maximum absolute atomic E-state index is 12.9. The first kappa shape index (κ1) is 50.4. The Bertz CT molecular complexity index is 3300. The number of imidazole rings is 2. The number of rotatable bonds is 15.